The zero-order valence-corrected chi connectivity index (χ0v) is 11.3. The Morgan fingerprint density at radius 1 is 1.05 bits per heavy atom. The van der Waals surface area contributed by atoms with Gasteiger partial charge in [-0.15, -0.1) is 11.8 Å². The van der Waals surface area contributed by atoms with E-state index in [2.05, 4.69) is 0 Å². The van der Waals surface area contributed by atoms with Crippen LogP contribution in [0, 0.1) is 5.82 Å². The fourth-order valence-corrected chi connectivity index (χ4v) is 2.39. The summed E-state index contributed by atoms with van der Waals surface area (Å²) in [5.74, 6) is 1.44. The summed E-state index contributed by atoms with van der Waals surface area (Å²) in [6.07, 6.45) is 0. The van der Waals surface area contributed by atoms with E-state index >= 15 is 0 Å². The fraction of sp³-hybridized carbons (Fsp3) is 0.200. The first-order valence-electron chi connectivity index (χ1n) is 6.09. The quantitative estimate of drug-likeness (QED) is 0.649. The number of hydrogen-bond acceptors (Lipinski definition) is 3. The highest BCUT2D eigenvalue weighted by Crippen LogP contribution is 2.20. The molecule has 0 heterocycles. The van der Waals surface area contributed by atoms with Crippen molar-refractivity contribution in [3.63, 3.8) is 0 Å². The van der Waals surface area contributed by atoms with Crippen LogP contribution in [-0.2, 0) is 6.54 Å². The Morgan fingerprint density at radius 3 is 2.53 bits per heavy atom. The number of para-hydroxylation sites is 1. The van der Waals surface area contributed by atoms with Gasteiger partial charge in [-0.1, -0.05) is 18.2 Å². The largest absolute Gasteiger partial charge is 0.492 e. The van der Waals surface area contributed by atoms with Crippen LogP contribution < -0.4 is 10.5 Å². The Bertz CT molecular complexity index is 516. The lowest BCUT2D eigenvalue weighted by atomic mass is 10.2. The Balaban J connectivity index is 1.79. The third-order valence-electron chi connectivity index (χ3n) is 2.62. The summed E-state index contributed by atoms with van der Waals surface area (Å²) in [5.41, 5.74) is 6.65. The summed E-state index contributed by atoms with van der Waals surface area (Å²) in [7, 11) is 0. The molecule has 2 aromatic carbocycles. The van der Waals surface area contributed by atoms with Gasteiger partial charge in [-0.05, 0) is 30.3 Å². The van der Waals surface area contributed by atoms with Crippen molar-refractivity contribution in [1.29, 1.82) is 0 Å². The van der Waals surface area contributed by atoms with Crippen molar-refractivity contribution < 1.29 is 9.13 Å². The highest BCUT2D eigenvalue weighted by atomic mass is 32.2. The van der Waals surface area contributed by atoms with E-state index in [9.17, 15) is 4.39 Å². The van der Waals surface area contributed by atoms with Gasteiger partial charge in [0.2, 0.25) is 0 Å². The number of ether oxygens (including phenoxy) is 1. The Kier molecular flexibility index (Phi) is 5.24. The molecule has 0 atom stereocenters. The Morgan fingerprint density at radius 2 is 1.79 bits per heavy atom. The van der Waals surface area contributed by atoms with Gasteiger partial charge in [0, 0.05) is 22.8 Å². The molecule has 0 aromatic heterocycles. The van der Waals surface area contributed by atoms with E-state index in [4.69, 9.17) is 10.5 Å². The normalized spacial score (nSPS) is 10.4. The first kappa shape index (κ1) is 13.9. The van der Waals surface area contributed by atoms with E-state index < -0.39 is 0 Å². The van der Waals surface area contributed by atoms with Crippen LogP contribution in [0.1, 0.15) is 5.56 Å². The number of rotatable bonds is 6. The Labute approximate surface area is 116 Å². The van der Waals surface area contributed by atoms with Gasteiger partial charge in [0.15, 0.2) is 0 Å². The molecule has 0 spiro atoms. The summed E-state index contributed by atoms with van der Waals surface area (Å²) in [4.78, 5) is 1.04. The maximum Gasteiger partial charge on any atom is 0.123 e. The van der Waals surface area contributed by atoms with Gasteiger partial charge >= 0.3 is 0 Å². The van der Waals surface area contributed by atoms with Crippen LogP contribution in [0.25, 0.3) is 0 Å². The van der Waals surface area contributed by atoms with E-state index in [1.165, 1.54) is 12.1 Å². The standard InChI is InChI=1S/C15H16FNOS/c16-13-5-7-14(8-6-13)19-10-9-18-15-4-2-1-3-12(15)11-17/h1-8H,9-11,17H2. The first-order chi connectivity index (χ1) is 9.29. The van der Waals surface area contributed by atoms with Gasteiger partial charge in [-0.2, -0.15) is 0 Å². The number of thioether (sulfide) groups is 1. The first-order valence-corrected chi connectivity index (χ1v) is 7.07. The second-order valence-corrected chi connectivity index (χ2v) is 5.13. The van der Waals surface area contributed by atoms with Crippen LogP contribution in [0.2, 0.25) is 0 Å². The lowest BCUT2D eigenvalue weighted by Crippen LogP contribution is -2.05. The molecule has 2 nitrogen and oxygen atoms in total. The van der Waals surface area contributed by atoms with Crippen molar-refractivity contribution in [3.05, 3.63) is 59.9 Å². The SMILES string of the molecule is NCc1ccccc1OCCSc1ccc(F)cc1. The topological polar surface area (TPSA) is 35.2 Å². The number of halogens is 1. The van der Waals surface area contributed by atoms with Gasteiger partial charge in [-0.25, -0.2) is 4.39 Å². The maximum absolute atomic E-state index is 12.7. The fourth-order valence-electron chi connectivity index (χ4n) is 1.66. The van der Waals surface area contributed by atoms with Crippen LogP contribution in [0.4, 0.5) is 4.39 Å². The van der Waals surface area contributed by atoms with Crippen LogP contribution >= 0.6 is 11.8 Å². The van der Waals surface area contributed by atoms with Gasteiger partial charge in [0.05, 0.1) is 6.61 Å². The van der Waals surface area contributed by atoms with E-state index in [-0.39, 0.29) is 5.82 Å². The molecule has 100 valence electrons. The average molecular weight is 277 g/mol. The molecule has 0 unspecified atom stereocenters. The number of benzene rings is 2. The molecule has 0 radical (unpaired) electrons. The molecule has 2 N–H and O–H groups in total. The Hall–Kier alpha value is -1.52. The summed E-state index contributed by atoms with van der Waals surface area (Å²) < 4.78 is 18.4. The van der Waals surface area contributed by atoms with E-state index in [1.54, 1.807) is 23.9 Å². The van der Waals surface area contributed by atoms with E-state index in [0.717, 1.165) is 22.0 Å². The monoisotopic (exact) mass is 277 g/mol. The molecule has 2 rings (SSSR count). The van der Waals surface area contributed by atoms with Crippen molar-refractivity contribution >= 4 is 11.8 Å². The van der Waals surface area contributed by atoms with Crippen LogP contribution in [0.15, 0.2) is 53.4 Å². The molecule has 0 bridgehead atoms. The number of nitrogens with two attached hydrogens (primary N) is 1. The van der Waals surface area contributed by atoms with Gasteiger partial charge in [0.1, 0.15) is 11.6 Å². The molecule has 0 amide bonds. The smallest absolute Gasteiger partial charge is 0.123 e. The molecule has 19 heavy (non-hydrogen) atoms. The molecule has 0 saturated heterocycles. The van der Waals surface area contributed by atoms with Crippen molar-refractivity contribution in [2.24, 2.45) is 5.73 Å². The average Bonchev–Trinajstić information content (AvgIpc) is 2.46. The highest BCUT2D eigenvalue weighted by Gasteiger charge is 2.01. The second-order valence-electron chi connectivity index (χ2n) is 3.96. The summed E-state index contributed by atoms with van der Waals surface area (Å²) in [6.45, 7) is 1.07. The molecular weight excluding hydrogens is 261 g/mol. The minimum absolute atomic E-state index is 0.211. The third-order valence-corrected chi connectivity index (χ3v) is 3.59. The minimum Gasteiger partial charge on any atom is -0.492 e. The molecular formula is C15H16FNOS. The van der Waals surface area contributed by atoms with Gasteiger partial charge in [-0.3, -0.25) is 0 Å². The molecule has 0 aliphatic heterocycles. The van der Waals surface area contributed by atoms with Crippen LogP contribution in [0.3, 0.4) is 0 Å². The van der Waals surface area contributed by atoms with Crippen molar-refractivity contribution in [3.8, 4) is 5.75 Å². The lowest BCUT2D eigenvalue weighted by Gasteiger charge is -2.09. The third kappa shape index (κ3) is 4.26. The minimum atomic E-state index is -0.211. The van der Waals surface area contributed by atoms with Gasteiger partial charge < -0.3 is 10.5 Å². The maximum atomic E-state index is 12.7. The molecule has 2 aromatic rings. The van der Waals surface area contributed by atoms with Crippen LogP contribution in [0.5, 0.6) is 5.75 Å². The second kappa shape index (κ2) is 7.16. The highest BCUT2D eigenvalue weighted by molar-refractivity contribution is 7.99. The van der Waals surface area contributed by atoms with Crippen molar-refractivity contribution in [2.75, 3.05) is 12.4 Å². The van der Waals surface area contributed by atoms with E-state index in [0.29, 0.717) is 13.2 Å². The summed E-state index contributed by atoms with van der Waals surface area (Å²) >= 11 is 1.64. The molecule has 4 heteroatoms. The summed E-state index contributed by atoms with van der Waals surface area (Å²) in [6, 6.07) is 14.2. The predicted molar refractivity (Wildman–Crippen MR) is 77.0 cm³/mol. The summed E-state index contributed by atoms with van der Waals surface area (Å²) in [5, 5.41) is 0. The molecule has 0 fully saturated rings. The molecule has 0 aliphatic carbocycles. The molecule has 0 saturated carbocycles. The van der Waals surface area contributed by atoms with Crippen molar-refractivity contribution in [1.82, 2.24) is 0 Å². The van der Waals surface area contributed by atoms with E-state index in [1.807, 2.05) is 24.3 Å². The molecule has 0 aliphatic rings. The lowest BCUT2D eigenvalue weighted by molar-refractivity contribution is 0.340. The van der Waals surface area contributed by atoms with Gasteiger partial charge in [0.25, 0.3) is 0 Å². The zero-order chi connectivity index (χ0) is 13.5. The van der Waals surface area contributed by atoms with Crippen molar-refractivity contribution in [2.45, 2.75) is 11.4 Å². The number of hydrogen-bond donors (Lipinski definition) is 1. The zero-order valence-electron chi connectivity index (χ0n) is 10.5. The van der Waals surface area contributed by atoms with Crippen LogP contribution in [-0.4, -0.2) is 12.4 Å². The predicted octanol–water partition coefficient (Wildman–Crippen LogP) is 3.46.